The van der Waals surface area contributed by atoms with Gasteiger partial charge in [-0.2, -0.15) is 9.97 Å². The van der Waals surface area contributed by atoms with E-state index < -0.39 is 11.9 Å². The number of piperidine rings is 2. The van der Waals surface area contributed by atoms with Crippen LogP contribution in [0.2, 0.25) is 0 Å². The van der Waals surface area contributed by atoms with Crippen molar-refractivity contribution in [1.29, 1.82) is 0 Å². The van der Waals surface area contributed by atoms with Crippen molar-refractivity contribution in [3.8, 4) is 35.4 Å². The van der Waals surface area contributed by atoms with E-state index in [0.717, 1.165) is 102 Å². The number of pyridine rings is 1. The van der Waals surface area contributed by atoms with E-state index in [2.05, 4.69) is 56.1 Å². The number of amides is 3. The Balaban J connectivity index is 0.728. The molecule has 1 aliphatic carbocycles. The minimum atomic E-state index is -0.619. The quantitative estimate of drug-likeness (QED) is 0.0921. The van der Waals surface area contributed by atoms with Gasteiger partial charge in [0.15, 0.2) is 5.82 Å². The predicted molar refractivity (Wildman–Crippen MR) is 271 cm³/mol. The van der Waals surface area contributed by atoms with Crippen LogP contribution in [0.4, 0.5) is 15.9 Å². The first-order chi connectivity index (χ1) is 34.5. The molecule has 6 aliphatic rings. The summed E-state index contributed by atoms with van der Waals surface area (Å²) in [6.45, 7) is 14.4. The van der Waals surface area contributed by atoms with Crippen molar-refractivity contribution in [3.63, 3.8) is 0 Å². The van der Waals surface area contributed by atoms with E-state index in [1.807, 2.05) is 24.3 Å². The summed E-state index contributed by atoms with van der Waals surface area (Å²) in [5.74, 6) is 2.50. The number of nitrogens with zero attached hydrogens (tertiary/aromatic N) is 8. The molecule has 7 heterocycles. The Bertz CT molecular complexity index is 2930. The van der Waals surface area contributed by atoms with Crippen molar-refractivity contribution < 1.29 is 28.6 Å². The zero-order valence-electron chi connectivity index (χ0n) is 40.8. The van der Waals surface area contributed by atoms with Crippen molar-refractivity contribution in [2.45, 2.75) is 89.9 Å². The Morgan fingerprint density at radius 3 is 2.38 bits per heavy atom. The normalized spacial score (nSPS) is 23.0. The molecule has 3 N–H and O–H groups in total. The molecule has 16 heteroatoms. The molecule has 3 aromatic carbocycles. The highest BCUT2D eigenvalue weighted by molar-refractivity contribution is 6.06. The van der Waals surface area contributed by atoms with Gasteiger partial charge in [-0.25, -0.2) is 4.39 Å². The van der Waals surface area contributed by atoms with Gasteiger partial charge in [-0.3, -0.25) is 24.7 Å². The zero-order chi connectivity index (χ0) is 49.0. The number of aromatic nitrogens is 3. The molecule has 370 valence electrons. The van der Waals surface area contributed by atoms with Crippen LogP contribution >= 0.6 is 0 Å². The van der Waals surface area contributed by atoms with Gasteiger partial charge in [0, 0.05) is 130 Å². The van der Waals surface area contributed by atoms with Crippen LogP contribution in [0.15, 0.2) is 54.7 Å². The molecule has 5 fully saturated rings. The van der Waals surface area contributed by atoms with Gasteiger partial charge >= 0.3 is 6.01 Å². The van der Waals surface area contributed by atoms with E-state index in [-0.39, 0.29) is 64.6 Å². The third-order valence-corrected chi connectivity index (χ3v) is 16.2. The molecule has 3 amide bonds. The highest BCUT2D eigenvalue weighted by Crippen LogP contribution is 2.47. The van der Waals surface area contributed by atoms with Crippen LogP contribution in [0.1, 0.15) is 86.7 Å². The third kappa shape index (κ3) is 9.35. The van der Waals surface area contributed by atoms with Crippen LogP contribution in [-0.2, 0) is 16.1 Å². The Labute approximate surface area is 414 Å². The lowest BCUT2D eigenvalue weighted by Crippen LogP contribution is -2.56. The number of hydrogen-bond acceptors (Lipinski definition) is 13. The van der Waals surface area contributed by atoms with Gasteiger partial charge in [0.05, 0.1) is 12.0 Å². The first-order valence-corrected chi connectivity index (χ1v) is 25.7. The van der Waals surface area contributed by atoms with Gasteiger partial charge in [0.2, 0.25) is 11.8 Å². The first kappa shape index (κ1) is 46.9. The molecule has 5 aliphatic heterocycles. The number of ether oxygens (including phenoxy) is 1. The van der Waals surface area contributed by atoms with Crippen LogP contribution in [0, 0.1) is 29.5 Å². The lowest BCUT2D eigenvalue weighted by atomic mass is 9.95. The smallest absolute Gasteiger partial charge is 0.319 e. The summed E-state index contributed by atoms with van der Waals surface area (Å²) in [6.07, 6.45) is 14.3. The summed E-state index contributed by atoms with van der Waals surface area (Å²) >= 11 is 0. The third-order valence-electron chi connectivity index (χ3n) is 16.2. The zero-order valence-corrected chi connectivity index (χ0v) is 40.8. The number of benzene rings is 3. The first-order valence-electron chi connectivity index (χ1n) is 25.7. The van der Waals surface area contributed by atoms with E-state index in [9.17, 15) is 19.5 Å². The van der Waals surface area contributed by atoms with Crippen molar-refractivity contribution in [2.75, 3.05) is 81.9 Å². The van der Waals surface area contributed by atoms with Gasteiger partial charge in [0.25, 0.3) is 5.91 Å². The number of phenols is 1. The monoisotopic (exact) mass is 962 g/mol. The van der Waals surface area contributed by atoms with Crippen LogP contribution in [0.5, 0.6) is 11.8 Å². The molecule has 4 saturated heterocycles. The number of nitrogens with one attached hydrogen (secondary N) is 2. The van der Waals surface area contributed by atoms with E-state index in [1.165, 1.54) is 6.07 Å². The minimum absolute atomic E-state index is 0.0159. The van der Waals surface area contributed by atoms with Crippen LogP contribution in [0.25, 0.3) is 32.9 Å². The SMILES string of the molecule is C#Cc1cccc2cc(O)cc(-c3ncc4c(N5CC(CC)NC(CC)C5)nc(OCC5(CN6CCN(CC7CCN(c8ccc9c(c8)C(=O)N(C8CCC(=O)NC8=O)C9)CC7)CC6)CC5)nc4c3F)c12. The van der Waals surface area contributed by atoms with Crippen LogP contribution in [0.3, 0.4) is 0 Å². The van der Waals surface area contributed by atoms with Gasteiger partial charge in [-0.1, -0.05) is 38.0 Å². The van der Waals surface area contributed by atoms with E-state index in [1.54, 1.807) is 23.2 Å². The number of anilines is 2. The molecule has 11 rings (SSSR count). The second-order valence-corrected chi connectivity index (χ2v) is 20.9. The molecule has 3 atom stereocenters. The second kappa shape index (κ2) is 19.3. The molecule has 5 aromatic rings. The summed E-state index contributed by atoms with van der Waals surface area (Å²) in [5, 5.41) is 18.7. The predicted octanol–water partition coefficient (Wildman–Crippen LogP) is 6.09. The second-order valence-electron chi connectivity index (χ2n) is 20.9. The highest BCUT2D eigenvalue weighted by Gasteiger charge is 2.46. The van der Waals surface area contributed by atoms with Gasteiger partial charge in [0.1, 0.15) is 28.8 Å². The number of carbonyl (C=O) groups is 3. The Morgan fingerprint density at radius 2 is 1.66 bits per heavy atom. The van der Waals surface area contributed by atoms with E-state index in [4.69, 9.17) is 26.1 Å². The lowest BCUT2D eigenvalue weighted by molar-refractivity contribution is -0.136. The number of rotatable bonds is 13. The van der Waals surface area contributed by atoms with E-state index >= 15 is 4.39 Å². The Hall–Kier alpha value is -6.41. The average Bonchev–Trinajstić information content (AvgIpc) is 4.08. The maximum Gasteiger partial charge on any atom is 0.319 e. The number of phenolic OH excluding ortho intramolecular Hbond substituents is 1. The summed E-state index contributed by atoms with van der Waals surface area (Å²) in [7, 11) is 0. The molecular weight excluding hydrogens is 900 g/mol. The van der Waals surface area contributed by atoms with Crippen molar-refractivity contribution in [1.82, 2.24) is 40.3 Å². The number of carbonyl (C=O) groups excluding carboxylic acids is 3. The summed E-state index contributed by atoms with van der Waals surface area (Å²) in [4.78, 5) is 63.6. The molecule has 15 nitrogen and oxygen atoms in total. The fraction of sp³-hybridized carbons (Fsp3) is 0.491. The molecule has 1 saturated carbocycles. The maximum atomic E-state index is 17.2. The lowest BCUT2D eigenvalue weighted by Gasteiger charge is -2.40. The Kier molecular flexibility index (Phi) is 12.8. The molecular formula is C55H63FN10O5. The van der Waals surface area contributed by atoms with Crippen molar-refractivity contribution in [2.24, 2.45) is 11.3 Å². The van der Waals surface area contributed by atoms with Crippen LogP contribution in [-0.4, -0.2) is 143 Å². The van der Waals surface area contributed by atoms with Gasteiger partial charge in [-0.15, -0.1) is 6.42 Å². The summed E-state index contributed by atoms with van der Waals surface area (Å²) in [6, 6.07) is 14.7. The van der Waals surface area contributed by atoms with Crippen molar-refractivity contribution in [3.05, 3.63) is 77.2 Å². The van der Waals surface area contributed by atoms with Crippen LogP contribution < -0.4 is 25.2 Å². The molecule has 2 aromatic heterocycles. The minimum Gasteiger partial charge on any atom is -0.508 e. The number of aromatic hydroxyl groups is 1. The summed E-state index contributed by atoms with van der Waals surface area (Å²) < 4.78 is 23.8. The fourth-order valence-corrected chi connectivity index (χ4v) is 11.8. The van der Waals surface area contributed by atoms with Gasteiger partial charge in [-0.05, 0) is 92.1 Å². The highest BCUT2D eigenvalue weighted by atomic mass is 19.1. The number of piperazine rings is 2. The number of fused-ring (bicyclic) bond motifs is 3. The maximum absolute atomic E-state index is 17.2. The number of hydrogen-bond donors (Lipinski definition) is 3. The fourth-order valence-electron chi connectivity index (χ4n) is 11.8. The molecule has 0 bridgehead atoms. The molecule has 0 radical (unpaired) electrons. The summed E-state index contributed by atoms with van der Waals surface area (Å²) in [5.41, 5.74) is 3.75. The largest absolute Gasteiger partial charge is 0.508 e. The molecule has 71 heavy (non-hydrogen) atoms. The average molecular weight is 963 g/mol. The number of terminal acetylenes is 1. The van der Waals surface area contributed by atoms with Gasteiger partial charge < -0.3 is 39.7 Å². The number of imide groups is 1. The standard InChI is InChI=1S/C55H63FN10O5/c1-4-35-8-7-9-36-24-41(67)26-43(47(35)36)49-48(56)50-44(27-57-49)51(65-30-38(5-2)58-39(6-3)31-65)61-54(60-50)71-33-55(16-17-55)32-63-22-20-62(21-23-63)28-34-14-18-64(19-15-34)40-11-10-37-29-66(53(70)42(37)25-40)45-12-13-46(68)59-52(45)69/h1,7-11,24-27,34,38-39,45,58,67H,5-6,12-23,28-33H2,2-3H3,(H,59,68,69). The number of halogens is 1. The topological polar surface area (TPSA) is 160 Å². The van der Waals surface area contributed by atoms with Crippen molar-refractivity contribution >= 4 is 50.9 Å². The Morgan fingerprint density at radius 1 is 0.901 bits per heavy atom. The molecule has 3 unspecified atom stereocenters. The molecule has 0 spiro atoms. The van der Waals surface area contributed by atoms with E-state index in [0.29, 0.717) is 77.2 Å².